The zero-order chi connectivity index (χ0) is 15.9. The van der Waals surface area contributed by atoms with Crippen LogP contribution < -0.4 is 5.32 Å². The smallest absolute Gasteiger partial charge is 0.411 e. The molecule has 21 heavy (non-hydrogen) atoms. The van der Waals surface area contributed by atoms with Gasteiger partial charge in [0.15, 0.2) is 0 Å². The van der Waals surface area contributed by atoms with Gasteiger partial charge in [-0.1, -0.05) is 6.92 Å². The van der Waals surface area contributed by atoms with Crippen LogP contribution in [0, 0.1) is 0 Å². The zero-order valence-corrected chi connectivity index (χ0v) is 12.6. The number of hydrogen-bond acceptors (Lipinski definition) is 4. The molecule has 0 aromatic heterocycles. The van der Waals surface area contributed by atoms with Gasteiger partial charge in [-0.2, -0.15) is 13.2 Å². The maximum atomic E-state index is 12.3. The topological polar surface area (TPSA) is 47.6 Å². The highest BCUT2D eigenvalue weighted by Gasteiger charge is 2.44. The fraction of sp³-hybridized carbons (Fsp3) is 0.929. The summed E-state index contributed by atoms with van der Waals surface area (Å²) in [6.07, 6.45) is -2.13. The van der Waals surface area contributed by atoms with Crippen molar-refractivity contribution in [3.05, 3.63) is 0 Å². The highest BCUT2D eigenvalue weighted by molar-refractivity contribution is 5.81. The van der Waals surface area contributed by atoms with Crippen LogP contribution in [-0.4, -0.2) is 43.5 Å². The molecule has 1 saturated carbocycles. The maximum Gasteiger partial charge on any atom is 0.411 e. The molecule has 1 N–H and O–H groups in total. The number of nitrogens with one attached hydrogen (secondary N) is 1. The summed E-state index contributed by atoms with van der Waals surface area (Å²) in [5.41, 5.74) is -0.916. The molecule has 1 aliphatic carbocycles. The van der Waals surface area contributed by atoms with Gasteiger partial charge in [-0.25, -0.2) is 0 Å². The highest BCUT2D eigenvalue weighted by atomic mass is 19.4. The minimum atomic E-state index is -4.35. The Labute approximate surface area is 123 Å². The molecule has 0 saturated heterocycles. The second-order valence-corrected chi connectivity index (χ2v) is 5.37. The first kappa shape index (κ1) is 18.2. The monoisotopic (exact) mass is 311 g/mol. The molecule has 0 aliphatic heterocycles. The predicted molar refractivity (Wildman–Crippen MR) is 71.9 cm³/mol. The van der Waals surface area contributed by atoms with E-state index < -0.39 is 30.4 Å². The molecular weight excluding hydrogens is 287 g/mol. The predicted octanol–water partition coefficient (Wildman–Crippen LogP) is 2.81. The van der Waals surface area contributed by atoms with Crippen molar-refractivity contribution in [3.8, 4) is 0 Å². The van der Waals surface area contributed by atoms with Gasteiger partial charge in [-0.3, -0.25) is 4.79 Å². The lowest BCUT2D eigenvalue weighted by atomic mass is 9.79. The fourth-order valence-electron chi connectivity index (χ4n) is 2.63. The van der Waals surface area contributed by atoms with Crippen LogP contribution in [0.4, 0.5) is 13.2 Å². The van der Waals surface area contributed by atoms with Crippen LogP contribution in [0.5, 0.6) is 0 Å². The van der Waals surface area contributed by atoms with E-state index in [4.69, 9.17) is 9.47 Å². The number of alkyl halides is 3. The molecule has 0 heterocycles. The van der Waals surface area contributed by atoms with Crippen molar-refractivity contribution in [2.24, 2.45) is 0 Å². The third-order valence-electron chi connectivity index (χ3n) is 3.57. The normalized spacial score (nSPS) is 26.6. The van der Waals surface area contributed by atoms with Crippen LogP contribution in [0.25, 0.3) is 0 Å². The molecule has 1 rings (SSSR count). The minimum Gasteiger partial charge on any atom is -0.465 e. The lowest BCUT2D eigenvalue weighted by Crippen LogP contribution is -2.57. The highest BCUT2D eigenvalue weighted by Crippen LogP contribution is 2.32. The van der Waals surface area contributed by atoms with Gasteiger partial charge in [0.25, 0.3) is 0 Å². The number of hydrogen-bond donors (Lipinski definition) is 1. The van der Waals surface area contributed by atoms with Gasteiger partial charge in [-0.15, -0.1) is 0 Å². The van der Waals surface area contributed by atoms with Gasteiger partial charge in [0.2, 0.25) is 0 Å². The molecule has 1 fully saturated rings. The Hall–Kier alpha value is -0.820. The lowest BCUT2D eigenvalue weighted by Gasteiger charge is -2.39. The first-order valence-electron chi connectivity index (χ1n) is 7.43. The Morgan fingerprint density at radius 2 is 2.10 bits per heavy atom. The summed E-state index contributed by atoms with van der Waals surface area (Å²) in [5, 5.41) is 3.16. The van der Waals surface area contributed by atoms with E-state index in [1.165, 1.54) is 0 Å². The van der Waals surface area contributed by atoms with Crippen LogP contribution in [0.2, 0.25) is 0 Å². The van der Waals surface area contributed by atoms with E-state index in [1.807, 2.05) is 6.92 Å². The standard InChI is InChI=1S/C14H24F3NO3/c1-3-8-18-13(12(19)20-4-2)7-5-6-11(9-13)21-10-14(15,16)17/h11,18H,3-10H2,1-2H3. The fourth-order valence-corrected chi connectivity index (χ4v) is 2.63. The summed E-state index contributed by atoms with van der Waals surface area (Å²) in [6, 6.07) is 0. The van der Waals surface area contributed by atoms with Crippen molar-refractivity contribution in [1.82, 2.24) is 5.32 Å². The molecule has 0 amide bonds. The molecular formula is C14H24F3NO3. The van der Waals surface area contributed by atoms with Gasteiger partial charge >= 0.3 is 12.1 Å². The number of carbonyl (C=O) groups excluding carboxylic acids is 1. The molecule has 2 atom stereocenters. The van der Waals surface area contributed by atoms with Crippen LogP contribution in [0.3, 0.4) is 0 Å². The van der Waals surface area contributed by atoms with Crippen molar-refractivity contribution in [2.45, 2.75) is 63.8 Å². The SMILES string of the molecule is CCCNC1(C(=O)OCC)CCCC(OCC(F)(F)F)C1. The molecule has 4 nitrogen and oxygen atoms in total. The third-order valence-corrected chi connectivity index (χ3v) is 3.57. The summed E-state index contributed by atoms with van der Waals surface area (Å²) in [5.74, 6) is -0.390. The van der Waals surface area contributed by atoms with E-state index >= 15 is 0 Å². The van der Waals surface area contributed by atoms with Crippen molar-refractivity contribution < 1.29 is 27.4 Å². The summed E-state index contributed by atoms with van der Waals surface area (Å²) >= 11 is 0. The molecule has 2 unspecified atom stereocenters. The van der Waals surface area contributed by atoms with E-state index in [9.17, 15) is 18.0 Å². The first-order chi connectivity index (χ1) is 9.83. The van der Waals surface area contributed by atoms with Gasteiger partial charge < -0.3 is 14.8 Å². The van der Waals surface area contributed by atoms with Crippen molar-refractivity contribution in [1.29, 1.82) is 0 Å². The molecule has 7 heteroatoms. The number of ether oxygens (including phenoxy) is 2. The van der Waals surface area contributed by atoms with Gasteiger partial charge in [-0.05, 0) is 39.2 Å². The Bertz CT molecular complexity index is 336. The molecule has 0 aromatic carbocycles. The van der Waals surface area contributed by atoms with Gasteiger partial charge in [0.05, 0.1) is 12.7 Å². The second-order valence-electron chi connectivity index (χ2n) is 5.37. The van der Waals surface area contributed by atoms with Crippen molar-refractivity contribution in [2.75, 3.05) is 19.8 Å². The van der Waals surface area contributed by atoms with Crippen LogP contribution in [-0.2, 0) is 14.3 Å². The Balaban J connectivity index is 2.70. The minimum absolute atomic E-state index is 0.224. The second kappa shape index (κ2) is 7.98. The van der Waals surface area contributed by atoms with Gasteiger partial charge in [0, 0.05) is 6.42 Å². The van der Waals surface area contributed by atoms with E-state index in [0.29, 0.717) is 25.8 Å². The quantitative estimate of drug-likeness (QED) is 0.735. The molecule has 0 bridgehead atoms. The van der Waals surface area contributed by atoms with Gasteiger partial charge in [0.1, 0.15) is 12.1 Å². The number of halogens is 3. The summed E-state index contributed by atoms with van der Waals surface area (Å²) in [4.78, 5) is 12.2. The Kier molecular flexibility index (Phi) is 6.93. The van der Waals surface area contributed by atoms with Crippen LogP contribution in [0.15, 0.2) is 0 Å². The van der Waals surface area contributed by atoms with Crippen LogP contribution >= 0.6 is 0 Å². The summed E-state index contributed by atoms with van der Waals surface area (Å²) in [7, 11) is 0. The number of carbonyl (C=O) groups is 1. The number of esters is 1. The summed E-state index contributed by atoms with van der Waals surface area (Å²) in [6.45, 7) is 3.27. The molecule has 0 radical (unpaired) electrons. The maximum absolute atomic E-state index is 12.3. The third kappa shape index (κ3) is 5.82. The largest absolute Gasteiger partial charge is 0.465 e. The van der Waals surface area contributed by atoms with E-state index in [-0.39, 0.29) is 13.0 Å². The van der Waals surface area contributed by atoms with Crippen molar-refractivity contribution >= 4 is 5.97 Å². The first-order valence-corrected chi connectivity index (χ1v) is 7.43. The number of rotatable bonds is 7. The lowest BCUT2D eigenvalue weighted by molar-refractivity contribution is -0.192. The molecule has 1 aliphatic rings. The molecule has 124 valence electrons. The van der Waals surface area contributed by atoms with E-state index in [0.717, 1.165) is 6.42 Å². The molecule has 0 spiro atoms. The zero-order valence-electron chi connectivity index (χ0n) is 12.6. The average molecular weight is 311 g/mol. The van der Waals surface area contributed by atoms with Crippen LogP contribution in [0.1, 0.15) is 46.0 Å². The van der Waals surface area contributed by atoms with E-state index in [1.54, 1.807) is 6.92 Å². The average Bonchev–Trinajstić information content (AvgIpc) is 2.43. The molecule has 0 aromatic rings. The summed E-state index contributed by atoms with van der Waals surface area (Å²) < 4.78 is 46.8. The van der Waals surface area contributed by atoms with E-state index in [2.05, 4.69) is 5.32 Å². The Morgan fingerprint density at radius 1 is 1.38 bits per heavy atom. The Morgan fingerprint density at radius 3 is 2.67 bits per heavy atom. The van der Waals surface area contributed by atoms with Crippen molar-refractivity contribution in [3.63, 3.8) is 0 Å².